The summed E-state index contributed by atoms with van der Waals surface area (Å²) in [4.78, 5) is 15.5. The third kappa shape index (κ3) is 3.85. The van der Waals surface area contributed by atoms with Gasteiger partial charge in [-0.25, -0.2) is 9.18 Å². The molecule has 0 saturated carbocycles. The van der Waals surface area contributed by atoms with E-state index in [1.807, 2.05) is 42.6 Å². The molecule has 1 aromatic heterocycles. The molecule has 0 radical (unpaired) electrons. The third-order valence-electron chi connectivity index (χ3n) is 6.05. The topological polar surface area (TPSA) is 55.7 Å². The Morgan fingerprint density at radius 1 is 0.941 bits per heavy atom. The molecule has 2 heterocycles. The van der Waals surface area contributed by atoms with E-state index < -0.39 is 6.04 Å². The molecule has 172 valence electrons. The standard InChI is InChI=1S/C27H24FN3O3/c1-33-24-14-13-21(16-25(24)34-2)29-27(32)31-17-19-6-3-4-7-22(19)30-15-5-8-23(30)26(31)18-9-11-20(28)12-10-18/h3-16,26H,17H2,1-2H3,(H,29,32)/t26-/m0/s1. The van der Waals surface area contributed by atoms with Crippen molar-refractivity contribution in [2.45, 2.75) is 12.6 Å². The zero-order valence-electron chi connectivity index (χ0n) is 18.9. The first-order valence-corrected chi connectivity index (χ1v) is 10.9. The molecule has 1 atom stereocenters. The summed E-state index contributed by atoms with van der Waals surface area (Å²) in [6.07, 6.45) is 1.99. The van der Waals surface area contributed by atoms with Crippen LogP contribution in [-0.4, -0.2) is 29.7 Å². The second-order valence-corrected chi connectivity index (χ2v) is 8.01. The summed E-state index contributed by atoms with van der Waals surface area (Å²) < 4.78 is 26.5. The summed E-state index contributed by atoms with van der Waals surface area (Å²) in [6.45, 7) is 0.374. The van der Waals surface area contributed by atoms with Crippen LogP contribution in [0.5, 0.6) is 11.5 Å². The fraction of sp³-hybridized carbons (Fsp3) is 0.148. The van der Waals surface area contributed by atoms with E-state index in [1.54, 1.807) is 49.5 Å². The molecule has 0 aliphatic carbocycles. The maximum atomic E-state index is 13.7. The molecule has 4 aromatic rings. The molecular weight excluding hydrogens is 433 g/mol. The highest BCUT2D eigenvalue weighted by Crippen LogP contribution is 2.37. The number of hydrogen-bond acceptors (Lipinski definition) is 3. The Hall–Kier alpha value is -4.26. The summed E-state index contributed by atoms with van der Waals surface area (Å²) in [6, 6.07) is 22.8. The van der Waals surface area contributed by atoms with Crippen molar-refractivity contribution in [3.8, 4) is 17.2 Å². The van der Waals surface area contributed by atoms with Crippen LogP contribution >= 0.6 is 0 Å². The Morgan fingerprint density at radius 3 is 2.47 bits per heavy atom. The van der Waals surface area contributed by atoms with Crippen molar-refractivity contribution in [1.29, 1.82) is 0 Å². The zero-order chi connectivity index (χ0) is 23.7. The van der Waals surface area contributed by atoms with Gasteiger partial charge in [0.2, 0.25) is 0 Å². The van der Waals surface area contributed by atoms with Gasteiger partial charge in [-0.15, -0.1) is 0 Å². The van der Waals surface area contributed by atoms with Crippen molar-refractivity contribution in [3.63, 3.8) is 0 Å². The van der Waals surface area contributed by atoms with Gasteiger partial charge in [0.1, 0.15) is 5.82 Å². The summed E-state index contributed by atoms with van der Waals surface area (Å²) in [5.74, 6) is 0.772. The Bertz CT molecular complexity index is 1330. The van der Waals surface area contributed by atoms with Crippen molar-refractivity contribution in [2.75, 3.05) is 19.5 Å². The SMILES string of the molecule is COc1ccc(NC(=O)N2Cc3ccccc3-n3cccc3[C@@H]2c2ccc(F)cc2)cc1OC. The van der Waals surface area contributed by atoms with Crippen LogP contribution in [0.2, 0.25) is 0 Å². The van der Waals surface area contributed by atoms with Gasteiger partial charge in [0.05, 0.1) is 32.5 Å². The monoisotopic (exact) mass is 457 g/mol. The van der Waals surface area contributed by atoms with Gasteiger partial charge in [0.15, 0.2) is 11.5 Å². The normalized spacial score (nSPS) is 14.6. The van der Waals surface area contributed by atoms with Gasteiger partial charge >= 0.3 is 6.03 Å². The average molecular weight is 458 g/mol. The van der Waals surface area contributed by atoms with E-state index in [0.717, 1.165) is 22.5 Å². The number of nitrogens with zero attached hydrogens (tertiary/aromatic N) is 2. The number of nitrogens with one attached hydrogen (secondary N) is 1. The van der Waals surface area contributed by atoms with E-state index in [-0.39, 0.29) is 11.8 Å². The first-order chi connectivity index (χ1) is 16.6. The molecule has 34 heavy (non-hydrogen) atoms. The van der Waals surface area contributed by atoms with E-state index in [4.69, 9.17) is 9.47 Å². The Labute approximate surface area is 197 Å². The van der Waals surface area contributed by atoms with Crippen LogP contribution in [0.25, 0.3) is 5.69 Å². The van der Waals surface area contributed by atoms with Crippen LogP contribution < -0.4 is 14.8 Å². The smallest absolute Gasteiger partial charge is 0.322 e. The number of ether oxygens (including phenoxy) is 2. The van der Waals surface area contributed by atoms with Crippen LogP contribution in [0.3, 0.4) is 0 Å². The summed E-state index contributed by atoms with van der Waals surface area (Å²) in [5.41, 5.74) is 4.33. The van der Waals surface area contributed by atoms with E-state index >= 15 is 0 Å². The van der Waals surface area contributed by atoms with Crippen molar-refractivity contribution in [1.82, 2.24) is 9.47 Å². The lowest BCUT2D eigenvalue weighted by Crippen LogP contribution is -2.37. The number of fused-ring (bicyclic) bond motifs is 3. The number of anilines is 1. The van der Waals surface area contributed by atoms with Gasteiger partial charge in [0.25, 0.3) is 0 Å². The number of carbonyl (C=O) groups excluding carboxylic acids is 1. The molecule has 0 bridgehead atoms. The molecule has 2 amide bonds. The highest BCUT2D eigenvalue weighted by Gasteiger charge is 2.33. The minimum absolute atomic E-state index is 0.286. The largest absolute Gasteiger partial charge is 0.493 e. The maximum Gasteiger partial charge on any atom is 0.322 e. The van der Waals surface area contributed by atoms with Crippen molar-refractivity contribution >= 4 is 11.7 Å². The van der Waals surface area contributed by atoms with Crippen molar-refractivity contribution < 1.29 is 18.7 Å². The number of benzene rings is 3. The van der Waals surface area contributed by atoms with E-state index in [2.05, 4.69) is 9.88 Å². The van der Waals surface area contributed by atoms with Gasteiger partial charge in [-0.05, 0) is 53.6 Å². The average Bonchev–Trinajstić information content (AvgIpc) is 3.29. The molecule has 1 aliphatic rings. The Morgan fingerprint density at radius 2 is 1.71 bits per heavy atom. The zero-order valence-corrected chi connectivity index (χ0v) is 18.9. The predicted molar refractivity (Wildman–Crippen MR) is 128 cm³/mol. The fourth-order valence-corrected chi connectivity index (χ4v) is 4.44. The number of methoxy groups -OCH3 is 2. The second-order valence-electron chi connectivity index (χ2n) is 8.01. The van der Waals surface area contributed by atoms with Gasteiger partial charge in [-0.1, -0.05) is 30.3 Å². The summed E-state index contributed by atoms with van der Waals surface area (Å²) in [7, 11) is 3.11. The van der Waals surface area contributed by atoms with Crippen LogP contribution in [0.15, 0.2) is 85.1 Å². The molecule has 3 aromatic carbocycles. The van der Waals surface area contributed by atoms with Gasteiger partial charge in [-0.2, -0.15) is 0 Å². The summed E-state index contributed by atoms with van der Waals surface area (Å²) in [5, 5.41) is 3.00. The van der Waals surface area contributed by atoms with E-state index in [0.29, 0.717) is 23.7 Å². The second kappa shape index (κ2) is 8.94. The molecule has 0 saturated heterocycles. The minimum atomic E-state index is -0.428. The lowest BCUT2D eigenvalue weighted by atomic mass is 10.0. The van der Waals surface area contributed by atoms with E-state index in [9.17, 15) is 9.18 Å². The molecular formula is C27H24FN3O3. The number of rotatable bonds is 4. The number of para-hydroxylation sites is 1. The van der Waals surface area contributed by atoms with Crippen LogP contribution in [0.1, 0.15) is 22.9 Å². The Kier molecular flexibility index (Phi) is 5.67. The first-order valence-electron chi connectivity index (χ1n) is 10.9. The molecule has 0 spiro atoms. The van der Waals surface area contributed by atoms with Crippen LogP contribution in [0, 0.1) is 5.82 Å². The van der Waals surface area contributed by atoms with E-state index in [1.165, 1.54) is 12.1 Å². The predicted octanol–water partition coefficient (Wildman–Crippen LogP) is 5.77. The van der Waals surface area contributed by atoms with Gasteiger partial charge in [0, 0.05) is 23.6 Å². The summed E-state index contributed by atoms with van der Waals surface area (Å²) >= 11 is 0. The lowest BCUT2D eigenvalue weighted by molar-refractivity contribution is 0.194. The number of halogens is 1. The molecule has 7 heteroatoms. The number of aromatic nitrogens is 1. The molecule has 1 aliphatic heterocycles. The van der Waals surface area contributed by atoms with Crippen LogP contribution in [0.4, 0.5) is 14.9 Å². The number of hydrogen-bond donors (Lipinski definition) is 1. The molecule has 1 N–H and O–H groups in total. The quantitative estimate of drug-likeness (QED) is 0.423. The number of carbonyl (C=O) groups is 1. The lowest BCUT2D eigenvalue weighted by Gasteiger charge is -2.31. The Balaban J connectivity index is 1.58. The highest BCUT2D eigenvalue weighted by molar-refractivity contribution is 5.90. The van der Waals surface area contributed by atoms with Gasteiger partial charge in [-0.3, -0.25) is 0 Å². The molecule has 6 nitrogen and oxygen atoms in total. The molecule has 0 unspecified atom stereocenters. The maximum absolute atomic E-state index is 13.7. The molecule has 0 fully saturated rings. The third-order valence-corrected chi connectivity index (χ3v) is 6.05. The fourth-order valence-electron chi connectivity index (χ4n) is 4.44. The number of urea groups is 1. The van der Waals surface area contributed by atoms with Gasteiger partial charge < -0.3 is 24.3 Å². The molecule has 5 rings (SSSR count). The van der Waals surface area contributed by atoms with Crippen molar-refractivity contribution in [3.05, 3.63) is 108 Å². The minimum Gasteiger partial charge on any atom is -0.493 e. The highest BCUT2D eigenvalue weighted by atomic mass is 19.1. The van der Waals surface area contributed by atoms with Crippen molar-refractivity contribution in [2.24, 2.45) is 0 Å². The first kappa shape index (κ1) is 21.6. The van der Waals surface area contributed by atoms with Crippen LogP contribution in [-0.2, 0) is 6.54 Å². The number of amides is 2.